The molecule has 3 aromatic carbocycles. The van der Waals surface area contributed by atoms with Crippen molar-refractivity contribution in [1.82, 2.24) is 14.5 Å². The number of hydrogen-bond donors (Lipinski definition) is 2. The summed E-state index contributed by atoms with van der Waals surface area (Å²) >= 11 is 0. The highest BCUT2D eigenvalue weighted by molar-refractivity contribution is 6.01. The molecule has 0 saturated heterocycles. The minimum Gasteiger partial charge on any atom is -0.465 e. The van der Waals surface area contributed by atoms with Crippen LogP contribution in [0.15, 0.2) is 76.3 Å². The highest BCUT2D eigenvalue weighted by Crippen LogP contribution is 2.32. The number of esters is 1. The zero-order valence-electron chi connectivity index (χ0n) is 22.8. The minimum atomic E-state index is -0.684. The van der Waals surface area contributed by atoms with Gasteiger partial charge in [-0.2, -0.15) is 0 Å². The standard InChI is InChI=1S/C30H28N4O8/c1-40-29(38)20-7-2-4-9-22(20)32-27(36)17-34-23-10-5-3-8-21(23)28(37)33(30(34)39)14-6-11-26(35)31-16-19-12-13-24-25(15-19)42-18-41-24/h2-5,7-10,12-13,15H,6,11,14,16-18H2,1H3,(H,31,35)(H,32,36). The van der Waals surface area contributed by atoms with Crippen molar-refractivity contribution in [2.24, 2.45) is 0 Å². The average Bonchev–Trinajstić information content (AvgIpc) is 3.48. The van der Waals surface area contributed by atoms with Crippen LogP contribution in [0, 0.1) is 0 Å². The van der Waals surface area contributed by atoms with Gasteiger partial charge in [-0.25, -0.2) is 9.59 Å². The Bertz CT molecular complexity index is 1790. The normalized spacial score (nSPS) is 11.7. The zero-order chi connectivity index (χ0) is 29.6. The number of para-hydroxylation sites is 2. The summed E-state index contributed by atoms with van der Waals surface area (Å²) in [5.41, 5.74) is 0.328. The zero-order valence-corrected chi connectivity index (χ0v) is 22.8. The second-order valence-electron chi connectivity index (χ2n) is 9.50. The van der Waals surface area contributed by atoms with E-state index in [1.807, 2.05) is 6.07 Å². The van der Waals surface area contributed by atoms with E-state index in [0.717, 1.165) is 10.1 Å². The third-order valence-electron chi connectivity index (χ3n) is 6.75. The van der Waals surface area contributed by atoms with Crippen LogP contribution in [0.1, 0.15) is 28.8 Å². The summed E-state index contributed by atoms with van der Waals surface area (Å²) in [6.45, 7) is 0.0132. The van der Waals surface area contributed by atoms with Crippen LogP contribution in [-0.4, -0.2) is 40.8 Å². The number of anilines is 1. The lowest BCUT2D eigenvalue weighted by atomic mass is 10.2. The summed E-state index contributed by atoms with van der Waals surface area (Å²) in [6, 6.07) is 18.2. The number of aromatic nitrogens is 2. The Labute approximate surface area is 239 Å². The molecule has 1 aromatic heterocycles. The third-order valence-corrected chi connectivity index (χ3v) is 6.75. The molecule has 4 aromatic rings. The lowest BCUT2D eigenvalue weighted by Gasteiger charge is -2.15. The fourth-order valence-electron chi connectivity index (χ4n) is 4.67. The summed E-state index contributed by atoms with van der Waals surface area (Å²) in [5.74, 6) is -0.172. The van der Waals surface area contributed by atoms with Crippen molar-refractivity contribution in [3.05, 3.63) is 98.7 Å². The van der Waals surface area contributed by atoms with E-state index in [-0.39, 0.29) is 55.3 Å². The van der Waals surface area contributed by atoms with Gasteiger partial charge in [-0.1, -0.05) is 30.3 Å². The molecule has 1 aliphatic heterocycles. The van der Waals surface area contributed by atoms with Crippen molar-refractivity contribution in [1.29, 1.82) is 0 Å². The number of rotatable bonds is 10. The Balaban J connectivity index is 1.28. The quantitative estimate of drug-likeness (QED) is 0.276. The first kappa shape index (κ1) is 28.1. The van der Waals surface area contributed by atoms with Gasteiger partial charge in [-0.05, 0) is 48.4 Å². The Morgan fingerprint density at radius 2 is 1.67 bits per heavy atom. The highest BCUT2D eigenvalue weighted by atomic mass is 16.7. The van der Waals surface area contributed by atoms with Crippen LogP contribution in [-0.2, 0) is 34.0 Å². The van der Waals surface area contributed by atoms with Crippen molar-refractivity contribution in [3.63, 3.8) is 0 Å². The molecule has 5 rings (SSSR count). The maximum absolute atomic E-state index is 13.4. The Kier molecular flexibility index (Phi) is 8.32. The van der Waals surface area contributed by atoms with Crippen LogP contribution < -0.4 is 31.4 Å². The van der Waals surface area contributed by atoms with Crippen LogP contribution in [0.4, 0.5) is 5.69 Å². The van der Waals surface area contributed by atoms with Gasteiger partial charge in [0.15, 0.2) is 11.5 Å². The minimum absolute atomic E-state index is 0.0211. The monoisotopic (exact) mass is 572 g/mol. The SMILES string of the molecule is COC(=O)c1ccccc1NC(=O)Cn1c(=O)n(CCCC(=O)NCc2ccc3c(c2)OCO3)c(=O)c2ccccc21. The Morgan fingerprint density at radius 1 is 0.905 bits per heavy atom. The number of nitrogens with one attached hydrogen (secondary N) is 2. The molecule has 0 aliphatic carbocycles. The summed E-state index contributed by atoms with van der Waals surface area (Å²) < 4.78 is 17.6. The van der Waals surface area contributed by atoms with E-state index in [9.17, 15) is 24.0 Å². The van der Waals surface area contributed by atoms with Gasteiger partial charge >= 0.3 is 11.7 Å². The fourth-order valence-corrected chi connectivity index (χ4v) is 4.67. The molecular weight excluding hydrogens is 544 g/mol. The number of amides is 2. The number of hydrogen-bond acceptors (Lipinski definition) is 8. The second kappa shape index (κ2) is 12.4. The van der Waals surface area contributed by atoms with Gasteiger partial charge in [0.25, 0.3) is 5.56 Å². The van der Waals surface area contributed by atoms with Gasteiger partial charge < -0.3 is 24.8 Å². The number of fused-ring (bicyclic) bond motifs is 2. The number of nitrogens with zero attached hydrogens (tertiary/aromatic N) is 2. The van der Waals surface area contributed by atoms with Gasteiger partial charge in [0.2, 0.25) is 18.6 Å². The summed E-state index contributed by atoms with van der Waals surface area (Å²) in [4.78, 5) is 64.2. The first-order chi connectivity index (χ1) is 20.4. The molecule has 2 N–H and O–H groups in total. The van der Waals surface area contributed by atoms with E-state index < -0.39 is 29.7 Å². The highest BCUT2D eigenvalue weighted by Gasteiger charge is 2.18. The lowest BCUT2D eigenvalue weighted by Crippen LogP contribution is -2.42. The number of methoxy groups -OCH3 is 1. The maximum atomic E-state index is 13.4. The summed E-state index contributed by atoms with van der Waals surface area (Å²) in [5, 5.41) is 5.72. The van der Waals surface area contributed by atoms with Gasteiger partial charge in [-0.3, -0.25) is 23.5 Å². The molecule has 12 heteroatoms. The van der Waals surface area contributed by atoms with Crippen molar-refractivity contribution >= 4 is 34.4 Å². The second-order valence-corrected chi connectivity index (χ2v) is 9.50. The average molecular weight is 573 g/mol. The molecule has 1 aliphatic rings. The number of ether oxygens (including phenoxy) is 3. The van der Waals surface area contributed by atoms with Gasteiger partial charge in [0, 0.05) is 19.5 Å². The lowest BCUT2D eigenvalue weighted by molar-refractivity contribution is -0.121. The topological polar surface area (TPSA) is 147 Å². The molecule has 12 nitrogen and oxygen atoms in total. The Hall–Kier alpha value is -5.39. The Morgan fingerprint density at radius 3 is 2.50 bits per heavy atom. The number of benzene rings is 3. The van der Waals surface area contributed by atoms with Crippen LogP contribution in [0.5, 0.6) is 11.5 Å². The van der Waals surface area contributed by atoms with Crippen molar-refractivity contribution in [2.45, 2.75) is 32.5 Å². The van der Waals surface area contributed by atoms with E-state index in [0.29, 0.717) is 17.0 Å². The molecule has 0 fully saturated rings. The molecule has 0 atom stereocenters. The molecule has 2 heterocycles. The third kappa shape index (κ3) is 6.02. The van der Waals surface area contributed by atoms with Crippen molar-refractivity contribution < 1.29 is 28.6 Å². The molecule has 0 radical (unpaired) electrons. The summed E-state index contributed by atoms with van der Waals surface area (Å²) in [7, 11) is 1.23. The first-order valence-electron chi connectivity index (χ1n) is 13.2. The van der Waals surface area contributed by atoms with Crippen molar-refractivity contribution in [3.8, 4) is 11.5 Å². The van der Waals surface area contributed by atoms with Gasteiger partial charge in [0.05, 0.1) is 29.3 Å². The molecule has 0 unspecified atom stereocenters. The van der Waals surface area contributed by atoms with E-state index in [4.69, 9.17) is 14.2 Å². The van der Waals surface area contributed by atoms with Gasteiger partial charge in [-0.15, -0.1) is 0 Å². The summed E-state index contributed by atoms with van der Waals surface area (Å²) in [6.07, 6.45) is 0.299. The van der Waals surface area contributed by atoms with E-state index in [1.54, 1.807) is 54.6 Å². The van der Waals surface area contributed by atoms with Crippen LogP contribution in [0.2, 0.25) is 0 Å². The maximum Gasteiger partial charge on any atom is 0.339 e. The molecular formula is C30H28N4O8. The first-order valence-corrected chi connectivity index (χ1v) is 13.2. The number of carbonyl (C=O) groups is 3. The molecule has 0 spiro atoms. The van der Waals surface area contributed by atoms with Crippen molar-refractivity contribution in [2.75, 3.05) is 19.2 Å². The van der Waals surface area contributed by atoms with Crippen LogP contribution in [0.25, 0.3) is 10.9 Å². The van der Waals surface area contributed by atoms with E-state index in [2.05, 4.69) is 10.6 Å². The molecule has 216 valence electrons. The van der Waals surface area contributed by atoms with Crippen LogP contribution in [0.3, 0.4) is 0 Å². The smallest absolute Gasteiger partial charge is 0.339 e. The predicted octanol–water partition coefficient (Wildman–Crippen LogP) is 2.41. The van der Waals surface area contributed by atoms with E-state index in [1.165, 1.54) is 17.7 Å². The fraction of sp³-hybridized carbons (Fsp3) is 0.233. The number of carbonyl (C=O) groups excluding carboxylic acids is 3. The predicted molar refractivity (Wildman–Crippen MR) is 153 cm³/mol. The molecule has 0 saturated carbocycles. The molecule has 0 bridgehead atoms. The van der Waals surface area contributed by atoms with Gasteiger partial charge in [0.1, 0.15) is 6.54 Å². The molecule has 2 amide bonds. The molecule has 42 heavy (non-hydrogen) atoms. The van der Waals surface area contributed by atoms with Crippen LogP contribution >= 0.6 is 0 Å². The largest absolute Gasteiger partial charge is 0.465 e. The van der Waals surface area contributed by atoms with E-state index >= 15 is 0 Å².